The average Bonchev–Trinajstić information content (AvgIpc) is 1.83. The summed E-state index contributed by atoms with van der Waals surface area (Å²) in [6.07, 6.45) is -3.20. The van der Waals surface area contributed by atoms with Gasteiger partial charge in [0.15, 0.2) is 0 Å². The van der Waals surface area contributed by atoms with Crippen LogP contribution in [-0.2, 0) is 0 Å². The summed E-state index contributed by atoms with van der Waals surface area (Å²) >= 11 is 2.43. The Morgan fingerprint density at radius 1 is 1.50 bits per heavy atom. The Kier molecular flexibility index (Phi) is 3.15. The molecule has 10 heavy (non-hydrogen) atoms. The summed E-state index contributed by atoms with van der Waals surface area (Å²) in [6, 6.07) is 0. The molecule has 0 saturated heterocycles. The highest BCUT2D eigenvalue weighted by molar-refractivity contribution is 9.09. The topological polar surface area (TPSA) is 0 Å². The van der Waals surface area contributed by atoms with Gasteiger partial charge in [-0.1, -0.05) is 35.2 Å². The molecule has 58 valence electrons. The summed E-state index contributed by atoms with van der Waals surface area (Å²) in [5.41, 5.74) is -0.0764. The average molecular weight is 215 g/mol. The fourth-order valence-corrected chi connectivity index (χ4v) is 0.501. The van der Waals surface area contributed by atoms with Crippen molar-refractivity contribution in [3.63, 3.8) is 0 Å². The predicted octanol–water partition coefficient (Wildman–Crippen LogP) is 3.05. The molecule has 0 heterocycles. The Morgan fingerprint density at radius 3 is 2.00 bits per heavy atom. The van der Waals surface area contributed by atoms with E-state index in [4.69, 9.17) is 0 Å². The second-order valence-electron chi connectivity index (χ2n) is 1.68. The van der Waals surface area contributed by atoms with Crippen LogP contribution in [0.3, 0.4) is 0 Å². The number of allylic oxidation sites excluding steroid dienone is 2. The Hall–Kier alpha value is -0.250. The van der Waals surface area contributed by atoms with Crippen LogP contribution in [0.4, 0.5) is 13.2 Å². The zero-order chi connectivity index (χ0) is 8.36. The Labute approximate surface area is 65.5 Å². The molecule has 0 fully saturated rings. The number of hydrogen-bond donors (Lipinski definition) is 0. The van der Waals surface area contributed by atoms with E-state index in [2.05, 4.69) is 29.1 Å². The van der Waals surface area contributed by atoms with Gasteiger partial charge >= 0.3 is 6.18 Å². The molecule has 1 unspecified atom stereocenters. The Bertz CT molecular complexity index is 148. The van der Waals surface area contributed by atoms with Gasteiger partial charge in [0.25, 0.3) is 0 Å². The van der Waals surface area contributed by atoms with E-state index >= 15 is 0 Å². The van der Waals surface area contributed by atoms with E-state index in [9.17, 15) is 13.2 Å². The van der Waals surface area contributed by atoms with E-state index in [1.807, 2.05) is 0 Å². The SMILES string of the molecule is C=CC(=C)C(Br)C(F)(F)F. The van der Waals surface area contributed by atoms with Crippen molar-refractivity contribution in [1.82, 2.24) is 0 Å². The van der Waals surface area contributed by atoms with Crippen LogP contribution in [-0.4, -0.2) is 11.0 Å². The van der Waals surface area contributed by atoms with Gasteiger partial charge in [0.1, 0.15) is 4.83 Å². The fraction of sp³-hybridized carbons (Fsp3) is 0.333. The lowest BCUT2D eigenvalue weighted by Crippen LogP contribution is -2.23. The summed E-state index contributed by atoms with van der Waals surface area (Å²) in [5.74, 6) is 0. The van der Waals surface area contributed by atoms with Crippen molar-refractivity contribution < 1.29 is 13.2 Å². The molecule has 0 aliphatic heterocycles. The van der Waals surface area contributed by atoms with Gasteiger partial charge in [-0.2, -0.15) is 13.2 Å². The second-order valence-corrected chi connectivity index (χ2v) is 2.60. The van der Waals surface area contributed by atoms with Gasteiger partial charge in [-0.05, 0) is 5.57 Å². The number of hydrogen-bond acceptors (Lipinski definition) is 0. The zero-order valence-electron chi connectivity index (χ0n) is 5.08. The van der Waals surface area contributed by atoms with Crippen LogP contribution < -0.4 is 0 Å². The first-order valence-corrected chi connectivity index (χ1v) is 3.33. The normalized spacial score (nSPS) is 14.4. The highest BCUT2D eigenvalue weighted by atomic mass is 79.9. The molecule has 0 aliphatic carbocycles. The minimum atomic E-state index is -4.27. The van der Waals surface area contributed by atoms with Crippen LogP contribution in [0.1, 0.15) is 0 Å². The molecular weight excluding hydrogens is 209 g/mol. The number of rotatable bonds is 2. The smallest absolute Gasteiger partial charge is 0.169 e. The van der Waals surface area contributed by atoms with Crippen LogP contribution in [0.5, 0.6) is 0 Å². The minimum absolute atomic E-state index is 0.0764. The molecule has 4 heteroatoms. The lowest BCUT2D eigenvalue weighted by Gasteiger charge is -2.12. The molecule has 0 aromatic rings. The van der Waals surface area contributed by atoms with Gasteiger partial charge in [0, 0.05) is 0 Å². The highest BCUT2D eigenvalue weighted by Gasteiger charge is 2.38. The van der Waals surface area contributed by atoms with Crippen LogP contribution in [0.15, 0.2) is 24.8 Å². The van der Waals surface area contributed by atoms with Gasteiger partial charge in [-0.3, -0.25) is 0 Å². The monoisotopic (exact) mass is 214 g/mol. The summed E-state index contributed by atoms with van der Waals surface area (Å²) in [4.78, 5) is -1.67. The molecule has 0 nitrogen and oxygen atoms in total. The molecule has 0 bridgehead atoms. The third-order valence-electron chi connectivity index (χ3n) is 0.875. The van der Waals surface area contributed by atoms with E-state index in [-0.39, 0.29) is 5.57 Å². The maximum atomic E-state index is 11.7. The van der Waals surface area contributed by atoms with Gasteiger partial charge in [-0.25, -0.2) is 0 Å². The molecule has 0 aliphatic rings. The maximum absolute atomic E-state index is 11.7. The van der Waals surface area contributed by atoms with Crippen molar-refractivity contribution in [2.45, 2.75) is 11.0 Å². The first kappa shape index (κ1) is 9.75. The molecule has 0 radical (unpaired) electrons. The van der Waals surface area contributed by atoms with Gasteiger partial charge in [0.05, 0.1) is 0 Å². The second kappa shape index (κ2) is 3.23. The van der Waals surface area contributed by atoms with Gasteiger partial charge in [0.2, 0.25) is 0 Å². The van der Waals surface area contributed by atoms with Crippen molar-refractivity contribution in [3.8, 4) is 0 Å². The van der Waals surface area contributed by atoms with E-state index in [0.717, 1.165) is 6.08 Å². The molecule has 0 amide bonds. The van der Waals surface area contributed by atoms with E-state index in [1.165, 1.54) is 0 Å². The van der Waals surface area contributed by atoms with Crippen molar-refractivity contribution in [2.75, 3.05) is 0 Å². The van der Waals surface area contributed by atoms with Gasteiger partial charge < -0.3 is 0 Å². The minimum Gasteiger partial charge on any atom is -0.169 e. The molecule has 0 N–H and O–H groups in total. The van der Waals surface area contributed by atoms with Crippen LogP contribution in [0, 0.1) is 0 Å². The molecule has 0 aromatic heterocycles. The van der Waals surface area contributed by atoms with Crippen LogP contribution >= 0.6 is 15.9 Å². The summed E-state index contributed by atoms with van der Waals surface area (Å²) < 4.78 is 35.2. The fourth-order valence-electron chi connectivity index (χ4n) is 0.314. The third kappa shape index (κ3) is 2.56. The van der Waals surface area contributed by atoms with E-state index in [1.54, 1.807) is 0 Å². The number of alkyl halides is 4. The third-order valence-corrected chi connectivity index (χ3v) is 1.98. The first-order chi connectivity index (χ1) is 4.39. The number of halogens is 4. The van der Waals surface area contributed by atoms with Crippen molar-refractivity contribution >= 4 is 15.9 Å². The van der Waals surface area contributed by atoms with Crippen LogP contribution in [0.2, 0.25) is 0 Å². The molecule has 1 atom stereocenters. The quantitative estimate of drug-likeness (QED) is 0.490. The molecule has 0 spiro atoms. The molecule has 0 saturated carbocycles. The zero-order valence-corrected chi connectivity index (χ0v) is 6.67. The van der Waals surface area contributed by atoms with E-state index in [0.29, 0.717) is 0 Å². The lowest BCUT2D eigenvalue weighted by atomic mass is 10.2. The van der Waals surface area contributed by atoms with Crippen molar-refractivity contribution in [1.29, 1.82) is 0 Å². The van der Waals surface area contributed by atoms with Crippen molar-refractivity contribution in [2.24, 2.45) is 0 Å². The Balaban J connectivity index is 4.21. The molecule has 0 aromatic carbocycles. The first-order valence-electron chi connectivity index (χ1n) is 2.41. The van der Waals surface area contributed by atoms with Gasteiger partial charge in [-0.15, -0.1) is 0 Å². The largest absolute Gasteiger partial charge is 0.405 e. The summed E-state index contributed by atoms with van der Waals surface area (Å²) in [6.45, 7) is 6.32. The lowest BCUT2D eigenvalue weighted by molar-refractivity contribution is -0.119. The summed E-state index contributed by atoms with van der Waals surface area (Å²) in [7, 11) is 0. The standard InChI is InChI=1S/C6H6BrF3/c1-3-4(2)5(7)6(8,9)10/h3,5H,1-2H2. The summed E-state index contributed by atoms with van der Waals surface area (Å²) in [5, 5.41) is 0. The van der Waals surface area contributed by atoms with Crippen LogP contribution in [0.25, 0.3) is 0 Å². The molecule has 0 rings (SSSR count). The highest BCUT2D eigenvalue weighted by Crippen LogP contribution is 2.31. The molecular formula is C6H6BrF3. The maximum Gasteiger partial charge on any atom is 0.405 e. The Morgan fingerprint density at radius 2 is 1.90 bits per heavy atom. The van der Waals surface area contributed by atoms with Crippen molar-refractivity contribution in [3.05, 3.63) is 24.8 Å². The van der Waals surface area contributed by atoms with E-state index < -0.39 is 11.0 Å². The predicted molar refractivity (Wildman–Crippen MR) is 38.1 cm³/mol.